The Kier molecular flexibility index (Phi) is 4.17. The van der Waals surface area contributed by atoms with Crippen molar-refractivity contribution in [2.75, 3.05) is 25.0 Å². The lowest BCUT2D eigenvalue weighted by Crippen LogP contribution is -2.37. The van der Waals surface area contributed by atoms with E-state index in [-0.39, 0.29) is 29.7 Å². The van der Waals surface area contributed by atoms with E-state index in [9.17, 15) is 9.59 Å². The molecule has 2 amide bonds. The van der Waals surface area contributed by atoms with Crippen molar-refractivity contribution in [1.82, 2.24) is 10.6 Å². The number of piperidine rings is 1. The summed E-state index contributed by atoms with van der Waals surface area (Å²) in [6.45, 7) is 2.00. The van der Waals surface area contributed by atoms with Gasteiger partial charge in [-0.05, 0) is 49.2 Å². The molecule has 2 aromatic rings. The first-order valence-electron chi connectivity index (χ1n) is 8.94. The fraction of sp³-hybridized carbons (Fsp3) is 0.400. The Hall–Kier alpha value is -2.40. The molecule has 1 spiro atoms. The zero-order valence-electron chi connectivity index (χ0n) is 14.2. The molecule has 1 aliphatic heterocycles. The van der Waals surface area contributed by atoms with Gasteiger partial charge < -0.3 is 16.0 Å². The number of anilines is 1. The largest absolute Gasteiger partial charge is 0.347 e. The second-order valence-corrected chi connectivity index (χ2v) is 7.16. The van der Waals surface area contributed by atoms with E-state index < -0.39 is 0 Å². The van der Waals surface area contributed by atoms with Crippen molar-refractivity contribution in [3.63, 3.8) is 0 Å². The predicted octanol–water partition coefficient (Wildman–Crippen LogP) is 2.28. The number of carbonyl (C=O) groups excluding carboxylic acids is 2. The second-order valence-electron chi connectivity index (χ2n) is 7.16. The van der Waals surface area contributed by atoms with Crippen LogP contribution in [0.15, 0.2) is 42.5 Å². The number of hydrogen-bond donors (Lipinski definition) is 3. The van der Waals surface area contributed by atoms with E-state index in [1.165, 1.54) is 0 Å². The summed E-state index contributed by atoms with van der Waals surface area (Å²) in [6, 6.07) is 13.7. The minimum Gasteiger partial charge on any atom is -0.347 e. The lowest BCUT2D eigenvalue weighted by molar-refractivity contribution is -0.125. The van der Waals surface area contributed by atoms with Crippen LogP contribution in [0.3, 0.4) is 0 Å². The Morgan fingerprint density at radius 2 is 1.84 bits per heavy atom. The molecule has 2 aromatic carbocycles. The maximum Gasteiger partial charge on any atom is 0.243 e. The Bertz CT molecular complexity index is 806. The number of carbonyl (C=O) groups is 2. The van der Waals surface area contributed by atoms with E-state index in [0.717, 1.165) is 48.8 Å². The van der Waals surface area contributed by atoms with Gasteiger partial charge >= 0.3 is 0 Å². The maximum atomic E-state index is 12.3. The zero-order valence-corrected chi connectivity index (χ0v) is 14.2. The van der Waals surface area contributed by atoms with Crippen LogP contribution in [0.25, 0.3) is 10.8 Å². The molecule has 3 N–H and O–H groups in total. The zero-order chi connectivity index (χ0) is 17.3. The molecule has 0 bridgehead atoms. The smallest absolute Gasteiger partial charge is 0.243 e. The van der Waals surface area contributed by atoms with Crippen molar-refractivity contribution in [1.29, 1.82) is 0 Å². The number of rotatable bonds is 4. The Morgan fingerprint density at radius 1 is 1.08 bits per heavy atom. The van der Waals surface area contributed by atoms with Crippen LogP contribution in [0.2, 0.25) is 0 Å². The standard InChI is InChI=1S/C20H23N3O2/c24-18(23-17-7-3-5-14-4-1-2-6-15(14)17)13-22-19(25)16-12-20(16)8-10-21-11-9-20/h1-7,16,21H,8-13H2,(H,22,25)(H,23,24). The van der Waals surface area contributed by atoms with Crippen LogP contribution in [0, 0.1) is 11.3 Å². The highest BCUT2D eigenvalue weighted by Crippen LogP contribution is 2.58. The van der Waals surface area contributed by atoms with Gasteiger partial charge in [-0.1, -0.05) is 36.4 Å². The lowest BCUT2D eigenvalue weighted by Gasteiger charge is -2.23. The van der Waals surface area contributed by atoms with Crippen molar-refractivity contribution >= 4 is 28.3 Å². The molecule has 2 aliphatic rings. The van der Waals surface area contributed by atoms with Crippen molar-refractivity contribution in [2.45, 2.75) is 19.3 Å². The minimum absolute atomic E-state index is 0.0207. The first-order valence-corrected chi connectivity index (χ1v) is 8.94. The summed E-state index contributed by atoms with van der Waals surface area (Å²) in [6.07, 6.45) is 3.09. The fourth-order valence-electron chi connectivity index (χ4n) is 4.02. The molecule has 0 aromatic heterocycles. The third-order valence-corrected chi connectivity index (χ3v) is 5.59. The third kappa shape index (κ3) is 3.24. The summed E-state index contributed by atoms with van der Waals surface area (Å²) in [5, 5.41) is 11.1. The molecule has 5 heteroatoms. The minimum atomic E-state index is -0.190. The van der Waals surface area contributed by atoms with Crippen molar-refractivity contribution in [3.05, 3.63) is 42.5 Å². The molecular formula is C20H23N3O2. The highest BCUT2D eigenvalue weighted by atomic mass is 16.2. The molecule has 1 saturated carbocycles. The van der Waals surface area contributed by atoms with Gasteiger partial charge in [-0.3, -0.25) is 9.59 Å². The summed E-state index contributed by atoms with van der Waals surface area (Å²) in [5.41, 5.74) is 0.972. The van der Waals surface area contributed by atoms with Crippen LogP contribution >= 0.6 is 0 Å². The first-order chi connectivity index (χ1) is 12.2. The van der Waals surface area contributed by atoms with Gasteiger partial charge in [0.15, 0.2) is 0 Å². The Balaban J connectivity index is 1.33. The van der Waals surface area contributed by atoms with Gasteiger partial charge in [-0.2, -0.15) is 0 Å². The third-order valence-electron chi connectivity index (χ3n) is 5.59. The first kappa shape index (κ1) is 16.1. The van der Waals surface area contributed by atoms with E-state index in [1.54, 1.807) is 0 Å². The molecule has 5 nitrogen and oxygen atoms in total. The van der Waals surface area contributed by atoms with Gasteiger partial charge in [0, 0.05) is 17.0 Å². The van der Waals surface area contributed by atoms with E-state index in [0.29, 0.717) is 0 Å². The van der Waals surface area contributed by atoms with Gasteiger partial charge in [0.25, 0.3) is 0 Å². The van der Waals surface area contributed by atoms with Crippen LogP contribution in [-0.4, -0.2) is 31.4 Å². The van der Waals surface area contributed by atoms with Gasteiger partial charge in [0.05, 0.1) is 6.54 Å². The molecule has 1 saturated heterocycles. The van der Waals surface area contributed by atoms with Crippen LogP contribution in [-0.2, 0) is 9.59 Å². The Morgan fingerprint density at radius 3 is 2.68 bits per heavy atom. The van der Waals surface area contributed by atoms with Crippen molar-refractivity contribution in [3.8, 4) is 0 Å². The molecule has 25 heavy (non-hydrogen) atoms. The fourth-order valence-corrected chi connectivity index (χ4v) is 4.02. The van der Waals surface area contributed by atoms with E-state index in [4.69, 9.17) is 0 Å². The average molecular weight is 337 g/mol. The summed E-state index contributed by atoms with van der Waals surface area (Å²) in [7, 11) is 0. The van der Waals surface area contributed by atoms with Crippen LogP contribution in [0.4, 0.5) is 5.69 Å². The summed E-state index contributed by atoms with van der Waals surface area (Å²) >= 11 is 0. The topological polar surface area (TPSA) is 70.2 Å². The number of amides is 2. The van der Waals surface area contributed by atoms with Gasteiger partial charge in [0.2, 0.25) is 11.8 Å². The number of fused-ring (bicyclic) bond motifs is 1. The molecule has 1 atom stereocenters. The van der Waals surface area contributed by atoms with Crippen molar-refractivity contribution in [2.24, 2.45) is 11.3 Å². The number of nitrogens with one attached hydrogen (secondary N) is 3. The molecular weight excluding hydrogens is 314 g/mol. The quantitative estimate of drug-likeness (QED) is 0.802. The molecule has 1 heterocycles. The van der Waals surface area contributed by atoms with Gasteiger partial charge in [-0.25, -0.2) is 0 Å². The van der Waals surface area contributed by atoms with Crippen LogP contribution in [0.5, 0.6) is 0 Å². The monoisotopic (exact) mass is 337 g/mol. The predicted molar refractivity (Wildman–Crippen MR) is 98.2 cm³/mol. The summed E-state index contributed by atoms with van der Waals surface area (Å²) in [5.74, 6) is -0.0837. The highest BCUT2D eigenvalue weighted by molar-refractivity contribution is 6.03. The molecule has 4 rings (SSSR count). The summed E-state index contributed by atoms with van der Waals surface area (Å²) in [4.78, 5) is 24.6. The molecule has 1 aliphatic carbocycles. The second kappa shape index (κ2) is 6.48. The molecule has 2 fully saturated rings. The van der Waals surface area contributed by atoms with Crippen LogP contribution < -0.4 is 16.0 Å². The van der Waals surface area contributed by atoms with E-state index in [1.807, 2.05) is 42.5 Å². The summed E-state index contributed by atoms with van der Waals surface area (Å²) < 4.78 is 0. The highest BCUT2D eigenvalue weighted by Gasteiger charge is 2.57. The normalized spacial score (nSPS) is 21.0. The number of benzene rings is 2. The molecule has 0 radical (unpaired) electrons. The van der Waals surface area contributed by atoms with Crippen molar-refractivity contribution < 1.29 is 9.59 Å². The maximum absolute atomic E-state index is 12.3. The molecule has 1 unspecified atom stereocenters. The molecule has 130 valence electrons. The lowest BCUT2D eigenvalue weighted by atomic mass is 9.92. The average Bonchev–Trinajstić information content (AvgIpc) is 3.33. The van der Waals surface area contributed by atoms with E-state index in [2.05, 4.69) is 16.0 Å². The van der Waals surface area contributed by atoms with E-state index >= 15 is 0 Å². The SMILES string of the molecule is O=C(CNC(=O)C1CC12CCNCC2)Nc1cccc2ccccc12. The van der Waals surface area contributed by atoms with Gasteiger partial charge in [0.1, 0.15) is 0 Å². The van der Waals surface area contributed by atoms with Crippen LogP contribution in [0.1, 0.15) is 19.3 Å². The van der Waals surface area contributed by atoms with Gasteiger partial charge in [-0.15, -0.1) is 0 Å². The Labute approximate surface area is 147 Å². The number of hydrogen-bond acceptors (Lipinski definition) is 3.